The molecule has 0 spiro atoms. The average Bonchev–Trinajstić information content (AvgIpc) is 3.02. The molecule has 0 saturated heterocycles. The minimum Gasteiger partial charge on any atom is -0.467 e. The summed E-state index contributed by atoms with van der Waals surface area (Å²) in [7, 11) is 1.50. The Labute approximate surface area is 81.5 Å². The number of carbonyl (C=O) groups excluding carboxylic acids is 1. The third-order valence-corrected chi connectivity index (χ3v) is 2.03. The van der Waals surface area contributed by atoms with Crippen LogP contribution in [0.4, 0.5) is 5.69 Å². The molecule has 1 aromatic rings. The third kappa shape index (κ3) is 1.99. The first-order valence-electron chi connectivity index (χ1n) is 4.46. The predicted octanol–water partition coefficient (Wildman–Crippen LogP) is 0.834. The van der Waals surface area contributed by atoms with Crippen molar-refractivity contribution in [3.8, 4) is 6.01 Å². The van der Waals surface area contributed by atoms with Crippen LogP contribution in [-0.2, 0) is 4.79 Å². The van der Waals surface area contributed by atoms with Gasteiger partial charge in [-0.25, -0.2) is 9.97 Å². The second-order valence-electron chi connectivity index (χ2n) is 3.22. The van der Waals surface area contributed by atoms with Gasteiger partial charge in [0, 0.05) is 5.92 Å². The Hall–Kier alpha value is -1.65. The van der Waals surface area contributed by atoms with Crippen LogP contribution in [0.25, 0.3) is 0 Å². The van der Waals surface area contributed by atoms with Gasteiger partial charge in [-0.3, -0.25) is 4.79 Å². The Morgan fingerprint density at radius 1 is 1.50 bits per heavy atom. The Bertz CT molecular complexity index is 332. The van der Waals surface area contributed by atoms with E-state index in [9.17, 15) is 4.79 Å². The van der Waals surface area contributed by atoms with Gasteiger partial charge in [-0.05, 0) is 12.8 Å². The summed E-state index contributed by atoms with van der Waals surface area (Å²) in [5.41, 5.74) is 0.614. The second kappa shape index (κ2) is 3.61. The first-order chi connectivity index (χ1) is 6.79. The molecule has 5 heteroatoms. The monoisotopic (exact) mass is 193 g/mol. The molecule has 1 aromatic heterocycles. The lowest BCUT2D eigenvalue weighted by Crippen LogP contribution is -2.13. The van der Waals surface area contributed by atoms with Gasteiger partial charge < -0.3 is 10.1 Å². The van der Waals surface area contributed by atoms with Crippen molar-refractivity contribution >= 4 is 11.6 Å². The number of ether oxygens (including phenoxy) is 1. The van der Waals surface area contributed by atoms with Gasteiger partial charge in [0.05, 0.1) is 25.2 Å². The number of rotatable bonds is 3. The van der Waals surface area contributed by atoms with Gasteiger partial charge in [-0.2, -0.15) is 0 Å². The number of hydrogen-bond donors (Lipinski definition) is 1. The summed E-state index contributed by atoms with van der Waals surface area (Å²) < 4.78 is 4.80. The minimum absolute atomic E-state index is 0.0544. The topological polar surface area (TPSA) is 64.1 Å². The zero-order valence-corrected chi connectivity index (χ0v) is 7.86. The van der Waals surface area contributed by atoms with Gasteiger partial charge in [0.2, 0.25) is 5.91 Å². The van der Waals surface area contributed by atoms with E-state index in [2.05, 4.69) is 15.3 Å². The molecule has 74 valence electrons. The highest BCUT2D eigenvalue weighted by Gasteiger charge is 2.29. The number of carbonyl (C=O) groups is 1. The summed E-state index contributed by atoms with van der Waals surface area (Å²) >= 11 is 0. The molecule has 1 heterocycles. The SMILES string of the molecule is COc1ncc(NC(=O)C2CC2)cn1. The summed E-state index contributed by atoms with van der Waals surface area (Å²) in [5, 5.41) is 2.74. The normalized spacial score (nSPS) is 14.9. The number of aromatic nitrogens is 2. The van der Waals surface area contributed by atoms with Gasteiger partial charge in [0.1, 0.15) is 0 Å². The molecule has 0 aromatic carbocycles. The quantitative estimate of drug-likeness (QED) is 0.772. The van der Waals surface area contributed by atoms with Crippen LogP contribution in [0.5, 0.6) is 6.01 Å². The molecule has 1 saturated carbocycles. The highest BCUT2D eigenvalue weighted by atomic mass is 16.5. The van der Waals surface area contributed by atoms with Crippen molar-refractivity contribution in [1.82, 2.24) is 9.97 Å². The molecule has 0 radical (unpaired) electrons. The zero-order valence-electron chi connectivity index (χ0n) is 7.86. The summed E-state index contributed by atoms with van der Waals surface area (Å²) in [5.74, 6) is 0.246. The van der Waals surface area contributed by atoms with Gasteiger partial charge in [0.15, 0.2) is 0 Å². The summed E-state index contributed by atoms with van der Waals surface area (Å²) in [6.45, 7) is 0. The van der Waals surface area contributed by atoms with Crippen LogP contribution in [0.15, 0.2) is 12.4 Å². The Morgan fingerprint density at radius 2 is 2.14 bits per heavy atom. The van der Waals surface area contributed by atoms with Crippen LogP contribution in [-0.4, -0.2) is 23.0 Å². The molecule has 0 aliphatic heterocycles. The fraction of sp³-hybridized carbons (Fsp3) is 0.444. The molecule has 1 aliphatic rings. The second-order valence-corrected chi connectivity index (χ2v) is 3.22. The van der Waals surface area contributed by atoms with Gasteiger partial charge in [-0.15, -0.1) is 0 Å². The smallest absolute Gasteiger partial charge is 0.316 e. The molecule has 0 bridgehead atoms. The zero-order chi connectivity index (χ0) is 9.97. The van der Waals surface area contributed by atoms with Crippen molar-refractivity contribution < 1.29 is 9.53 Å². The molecule has 1 fully saturated rings. The van der Waals surface area contributed by atoms with Crippen LogP contribution < -0.4 is 10.1 Å². The van der Waals surface area contributed by atoms with E-state index < -0.39 is 0 Å². The summed E-state index contributed by atoms with van der Waals surface area (Å²) in [6.07, 6.45) is 5.05. The van der Waals surface area contributed by atoms with E-state index in [0.717, 1.165) is 12.8 Å². The fourth-order valence-electron chi connectivity index (χ4n) is 1.08. The van der Waals surface area contributed by atoms with Crippen LogP contribution in [0.1, 0.15) is 12.8 Å². The van der Waals surface area contributed by atoms with Crippen molar-refractivity contribution in [3.05, 3.63) is 12.4 Å². The first-order valence-corrected chi connectivity index (χ1v) is 4.46. The van der Waals surface area contributed by atoms with Crippen LogP contribution in [0.2, 0.25) is 0 Å². The molecule has 2 rings (SSSR count). The molecule has 14 heavy (non-hydrogen) atoms. The molecule has 5 nitrogen and oxygen atoms in total. The first kappa shape index (κ1) is 8.93. The maximum absolute atomic E-state index is 11.3. The standard InChI is InChI=1S/C9H11N3O2/c1-14-9-10-4-7(5-11-9)12-8(13)6-2-3-6/h4-6H,2-3H2,1H3,(H,12,13). The van der Waals surface area contributed by atoms with Crippen LogP contribution in [0.3, 0.4) is 0 Å². The predicted molar refractivity (Wildman–Crippen MR) is 49.9 cm³/mol. The Kier molecular flexibility index (Phi) is 2.30. The lowest BCUT2D eigenvalue weighted by Gasteiger charge is -2.03. The van der Waals surface area contributed by atoms with E-state index >= 15 is 0 Å². The average molecular weight is 193 g/mol. The minimum atomic E-state index is 0.0544. The molecule has 1 amide bonds. The number of hydrogen-bond acceptors (Lipinski definition) is 4. The van der Waals surface area contributed by atoms with Crippen molar-refractivity contribution in [2.45, 2.75) is 12.8 Å². The van der Waals surface area contributed by atoms with Gasteiger partial charge >= 0.3 is 6.01 Å². The Morgan fingerprint density at radius 3 is 2.64 bits per heavy atom. The highest BCUT2D eigenvalue weighted by molar-refractivity contribution is 5.93. The van der Waals surface area contributed by atoms with Crippen LogP contribution in [0, 0.1) is 5.92 Å². The maximum Gasteiger partial charge on any atom is 0.316 e. The highest BCUT2D eigenvalue weighted by Crippen LogP contribution is 2.29. The molecular weight excluding hydrogens is 182 g/mol. The van der Waals surface area contributed by atoms with Crippen molar-refractivity contribution in [3.63, 3.8) is 0 Å². The molecule has 1 N–H and O–H groups in total. The molecular formula is C9H11N3O2. The number of nitrogens with one attached hydrogen (secondary N) is 1. The number of amides is 1. The number of anilines is 1. The van der Waals surface area contributed by atoms with E-state index in [1.807, 2.05) is 0 Å². The third-order valence-electron chi connectivity index (χ3n) is 2.03. The largest absolute Gasteiger partial charge is 0.467 e. The number of nitrogens with zero attached hydrogens (tertiary/aromatic N) is 2. The lowest BCUT2D eigenvalue weighted by molar-refractivity contribution is -0.117. The fourth-order valence-corrected chi connectivity index (χ4v) is 1.08. The molecule has 0 atom stereocenters. The maximum atomic E-state index is 11.3. The van der Waals surface area contributed by atoms with E-state index in [0.29, 0.717) is 11.7 Å². The van der Waals surface area contributed by atoms with E-state index in [4.69, 9.17) is 4.74 Å². The van der Waals surface area contributed by atoms with E-state index in [1.54, 1.807) is 0 Å². The van der Waals surface area contributed by atoms with Crippen LogP contribution >= 0.6 is 0 Å². The Balaban J connectivity index is 1.98. The van der Waals surface area contributed by atoms with Gasteiger partial charge in [-0.1, -0.05) is 0 Å². The van der Waals surface area contributed by atoms with E-state index in [-0.39, 0.29) is 11.8 Å². The molecule has 0 unspecified atom stereocenters. The van der Waals surface area contributed by atoms with Crippen molar-refractivity contribution in [2.75, 3.05) is 12.4 Å². The van der Waals surface area contributed by atoms with E-state index in [1.165, 1.54) is 19.5 Å². The van der Waals surface area contributed by atoms with Crippen molar-refractivity contribution in [2.24, 2.45) is 5.92 Å². The molecule has 1 aliphatic carbocycles. The van der Waals surface area contributed by atoms with Crippen molar-refractivity contribution in [1.29, 1.82) is 0 Å². The summed E-state index contributed by atoms with van der Waals surface area (Å²) in [6, 6.07) is 0.300. The van der Waals surface area contributed by atoms with Gasteiger partial charge in [0.25, 0.3) is 0 Å². The number of methoxy groups -OCH3 is 1. The lowest BCUT2D eigenvalue weighted by atomic mass is 10.4. The summed E-state index contributed by atoms with van der Waals surface area (Å²) in [4.78, 5) is 19.1.